The molecule has 0 saturated heterocycles. The molecule has 64 heavy (non-hydrogen) atoms. The Morgan fingerprint density at radius 1 is 0.328 bits per heavy atom. The van der Waals surface area contributed by atoms with E-state index in [4.69, 9.17) is 9.15 Å². The molecule has 0 atom stereocenters. The first-order valence-electron chi connectivity index (χ1n) is 21.7. The molecular weight excluding hydrogens is 781 g/mol. The highest BCUT2D eigenvalue weighted by Crippen LogP contribution is 2.50. The highest BCUT2D eigenvalue weighted by Gasteiger charge is 2.24. The van der Waals surface area contributed by atoms with E-state index in [0.717, 1.165) is 95.1 Å². The number of fused-ring (bicyclic) bond motifs is 11. The average Bonchev–Trinajstić information content (AvgIpc) is 3.85. The summed E-state index contributed by atoms with van der Waals surface area (Å²) in [5.74, 6) is 1.72. The lowest BCUT2D eigenvalue weighted by Gasteiger charge is -2.26. The van der Waals surface area contributed by atoms with Gasteiger partial charge in [-0.25, -0.2) is 0 Å². The molecular formula is C60H38N2O2. The number of aromatic nitrogens is 1. The molecule has 0 unspecified atom stereocenters. The van der Waals surface area contributed by atoms with Gasteiger partial charge in [0.15, 0.2) is 0 Å². The molecule has 0 N–H and O–H groups in total. The van der Waals surface area contributed by atoms with Crippen LogP contribution in [0.2, 0.25) is 0 Å². The molecule has 0 amide bonds. The SMILES string of the molecule is c1ccc(-n2c3ccccc3c3cc(N(c4ccc(-c5ccc6oc7ccccc7c6c5)cc4)c4ccc(-c5cccc6c5-c5ccccc5Oc5ccccc5-6)cc4)ccc32)cc1. The van der Waals surface area contributed by atoms with Crippen molar-refractivity contribution in [2.75, 3.05) is 4.90 Å². The second-order valence-electron chi connectivity index (χ2n) is 16.5. The van der Waals surface area contributed by atoms with Crippen molar-refractivity contribution in [3.05, 3.63) is 231 Å². The number of rotatable bonds is 6. The van der Waals surface area contributed by atoms with E-state index in [-0.39, 0.29) is 0 Å². The van der Waals surface area contributed by atoms with Gasteiger partial charge >= 0.3 is 0 Å². The van der Waals surface area contributed by atoms with E-state index in [1.165, 1.54) is 27.4 Å². The van der Waals surface area contributed by atoms with Crippen molar-refractivity contribution in [1.29, 1.82) is 0 Å². The van der Waals surface area contributed by atoms with Crippen LogP contribution in [0.25, 0.3) is 93.9 Å². The van der Waals surface area contributed by atoms with Gasteiger partial charge in [0, 0.05) is 61.0 Å². The van der Waals surface area contributed by atoms with Crippen molar-refractivity contribution in [3.63, 3.8) is 0 Å². The topological polar surface area (TPSA) is 30.5 Å². The fraction of sp³-hybridized carbons (Fsp3) is 0. The number of para-hydroxylation sites is 5. The summed E-state index contributed by atoms with van der Waals surface area (Å²) < 4.78 is 15.1. The van der Waals surface area contributed by atoms with Crippen molar-refractivity contribution >= 4 is 60.8 Å². The molecule has 4 nitrogen and oxygen atoms in total. The largest absolute Gasteiger partial charge is 0.456 e. The Kier molecular flexibility index (Phi) is 8.18. The molecule has 0 radical (unpaired) electrons. The summed E-state index contributed by atoms with van der Waals surface area (Å²) in [5.41, 5.74) is 17.6. The standard InChI is InChI=1S/C60H38N2O2/c1-2-13-42(14-3-1)62-54-21-8-4-15-47(54)52-38-45(34-35-55(52)62)61(43-30-25-39(26-31-43)41-29-36-59-53(37-41)49-17-6-10-23-57(49)64-59)44-32-27-40(28-33-44)46-19-12-20-50-48-16-5-9-22-56(48)63-58-24-11-7-18-51(58)60(46)50/h1-38H. The Morgan fingerprint density at radius 3 is 1.72 bits per heavy atom. The molecule has 1 aliphatic heterocycles. The van der Waals surface area contributed by atoms with E-state index in [0.29, 0.717) is 0 Å². The summed E-state index contributed by atoms with van der Waals surface area (Å²) in [4.78, 5) is 2.37. The van der Waals surface area contributed by atoms with Crippen LogP contribution in [0.15, 0.2) is 235 Å². The maximum atomic E-state index is 6.56. The smallest absolute Gasteiger partial charge is 0.135 e. The van der Waals surface area contributed by atoms with Crippen molar-refractivity contribution in [3.8, 4) is 61.7 Å². The zero-order valence-electron chi connectivity index (χ0n) is 34.7. The van der Waals surface area contributed by atoms with Gasteiger partial charge in [0.25, 0.3) is 0 Å². The van der Waals surface area contributed by atoms with Crippen LogP contribution in [0.4, 0.5) is 17.1 Å². The molecule has 10 aromatic carbocycles. The molecule has 0 saturated carbocycles. The normalized spacial score (nSPS) is 11.9. The Hall–Kier alpha value is -8.60. The minimum atomic E-state index is 0.856. The van der Waals surface area contributed by atoms with Crippen LogP contribution in [0.3, 0.4) is 0 Å². The molecule has 2 aromatic heterocycles. The summed E-state index contributed by atoms with van der Waals surface area (Å²) in [6.45, 7) is 0. The monoisotopic (exact) mass is 818 g/mol. The zero-order chi connectivity index (χ0) is 42.1. The first kappa shape index (κ1) is 36.1. The van der Waals surface area contributed by atoms with E-state index in [2.05, 4.69) is 216 Å². The first-order chi connectivity index (χ1) is 31.7. The van der Waals surface area contributed by atoms with Gasteiger partial charge in [-0.1, -0.05) is 140 Å². The number of benzene rings is 10. The zero-order valence-corrected chi connectivity index (χ0v) is 34.7. The van der Waals surface area contributed by atoms with Gasteiger partial charge in [-0.3, -0.25) is 0 Å². The minimum Gasteiger partial charge on any atom is -0.456 e. The third-order valence-electron chi connectivity index (χ3n) is 12.8. The number of hydrogen-bond acceptors (Lipinski definition) is 3. The van der Waals surface area contributed by atoms with E-state index in [1.807, 2.05) is 24.3 Å². The van der Waals surface area contributed by atoms with Gasteiger partial charge in [0.05, 0.1) is 11.0 Å². The second kappa shape index (κ2) is 14.5. The van der Waals surface area contributed by atoms with Crippen molar-refractivity contribution in [2.24, 2.45) is 0 Å². The molecule has 3 heterocycles. The average molecular weight is 819 g/mol. The first-order valence-corrected chi connectivity index (χ1v) is 21.7. The van der Waals surface area contributed by atoms with E-state index < -0.39 is 0 Å². The molecule has 300 valence electrons. The van der Waals surface area contributed by atoms with E-state index in [9.17, 15) is 0 Å². The van der Waals surface area contributed by atoms with Gasteiger partial charge in [0.2, 0.25) is 0 Å². The Labute approximate surface area is 370 Å². The molecule has 13 rings (SSSR count). The molecule has 0 spiro atoms. The Morgan fingerprint density at radius 2 is 0.906 bits per heavy atom. The highest BCUT2D eigenvalue weighted by molar-refractivity contribution is 6.11. The number of anilines is 3. The third-order valence-corrected chi connectivity index (χ3v) is 12.8. The predicted octanol–water partition coefficient (Wildman–Crippen LogP) is 16.9. The molecule has 0 fully saturated rings. The summed E-state index contributed by atoms with van der Waals surface area (Å²) >= 11 is 0. The third kappa shape index (κ3) is 5.77. The summed E-state index contributed by atoms with van der Waals surface area (Å²) in [7, 11) is 0. The lowest BCUT2D eigenvalue weighted by atomic mass is 9.87. The van der Waals surface area contributed by atoms with Crippen LogP contribution in [0.1, 0.15) is 0 Å². The molecule has 1 aliphatic rings. The number of furan rings is 1. The van der Waals surface area contributed by atoms with Crippen LogP contribution in [0, 0.1) is 0 Å². The quantitative estimate of drug-likeness (QED) is 0.167. The van der Waals surface area contributed by atoms with Crippen LogP contribution >= 0.6 is 0 Å². The van der Waals surface area contributed by atoms with Crippen LogP contribution in [0.5, 0.6) is 11.5 Å². The van der Waals surface area contributed by atoms with Gasteiger partial charge in [-0.2, -0.15) is 0 Å². The van der Waals surface area contributed by atoms with Crippen LogP contribution in [-0.2, 0) is 0 Å². The number of hydrogen-bond donors (Lipinski definition) is 0. The fourth-order valence-electron chi connectivity index (χ4n) is 9.87. The fourth-order valence-corrected chi connectivity index (χ4v) is 9.87. The minimum absolute atomic E-state index is 0.856. The highest BCUT2D eigenvalue weighted by atomic mass is 16.5. The molecule has 4 heteroatoms. The van der Waals surface area contributed by atoms with Gasteiger partial charge < -0.3 is 18.6 Å². The lowest BCUT2D eigenvalue weighted by molar-refractivity contribution is 0.488. The second-order valence-corrected chi connectivity index (χ2v) is 16.5. The Balaban J connectivity index is 0.957. The molecule has 0 bridgehead atoms. The number of ether oxygens (including phenoxy) is 1. The summed E-state index contributed by atoms with van der Waals surface area (Å²) in [6, 6.07) is 82.2. The van der Waals surface area contributed by atoms with Crippen LogP contribution in [-0.4, -0.2) is 4.57 Å². The van der Waals surface area contributed by atoms with Crippen molar-refractivity contribution < 1.29 is 9.15 Å². The number of nitrogens with zero attached hydrogens (tertiary/aromatic N) is 2. The van der Waals surface area contributed by atoms with Gasteiger partial charge in [-0.05, 0) is 119 Å². The van der Waals surface area contributed by atoms with Crippen molar-refractivity contribution in [1.82, 2.24) is 4.57 Å². The molecule has 12 aromatic rings. The summed E-state index contributed by atoms with van der Waals surface area (Å²) in [6.07, 6.45) is 0. The van der Waals surface area contributed by atoms with Gasteiger partial charge in [-0.15, -0.1) is 0 Å². The maximum absolute atomic E-state index is 6.56. The summed E-state index contributed by atoms with van der Waals surface area (Å²) in [5, 5.41) is 4.66. The van der Waals surface area contributed by atoms with Crippen molar-refractivity contribution in [2.45, 2.75) is 0 Å². The lowest BCUT2D eigenvalue weighted by Crippen LogP contribution is -2.10. The molecule has 0 aliphatic carbocycles. The van der Waals surface area contributed by atoms with E-state index in [1.54, 1.807) is 0 Å². The van der Waals surface area contributed by atoms with E-state index >= 15 is 0 Å². The maximum Gasteiger partial charge on any atom is 0.135 e. The Bertz CT molecular complexity index is 3750. The van der Waals surface area contributed by atoms with Crippen LogP contribution < -0.4 is 9.64 Å². The van der Waals surface area contributed by atoms with Gasteiger partial charge in [0.1, 0.15) is 22.7 Å². The predicted molar refractivity (Wildman–Crippen MR) is 265 cm³/mol.